The Hall–Kier alpha value is -1.51. The summed E-state index contributed by atoms with van der Waals surface area (Å²) in [7, 11) is 0. The zero-order valence-corrected chi connectivity index (χ0v) is 12.9. The van der Waals surface area contributed by atoms with Gasteiger partial charge in [0, 0.05) is 11.7 Å². The van der Waals surface area contributed by atoms with Crippen molar-refractivity contribution >= 4 is 11.7 Å². The van der Waals surface area contributed by atoms with Gasteiger partial charge in [0.05, 0.1) is 5.56 Å². The van der Waals surface area contributed by atoms with Crippen LogP contribution in [-0.4, -0.2) is 17.1 Å². The van der Waals surface area contributed by atoms with Gasteiger partial charge in [-0.15, -0.1) is 0 Å². The number of hydrogen-bond donors (Lipinski definition) is 2. The first-order chi connectivity index (χ1) is 9.56. The maximum atomic E-state index is 11.1. The van der Waals surface area contributed by atoms with Gasteiger partial charge in [-0.2, -0.15) is 0 Å². The standard InChI is InChI=1S/C17H27NO2/c1-4-5-6-7-8-10-13(2)18-16-12-9-11-15(14(16)3)17(19)20/h9,11-13,18H,4-8,10H2,1-3H3,(H,19,20). The van der Waals surface area contributed by atoms with Crippen molar-refractivity contribution in [3.63, 3.8) is 0 Å². The molecule has 0 amide bonds. The van der Waals surface area contributed by atoms with Crippen molar-refractivity contribution in [2.45, 2.75) is 65.3 Å². The quantitative estimate of drug-likeness (QED) is 0.634. The molecule has 1 rings (SSSR count). The predicted octanol–water partition coefficient (Wildman–Crippen LogP) is 4.85. The summed E-state index contributed by atoms with van der Waals surface area (Å²) in [5, 5.41) is 12.6. The van der Waals surface area contributed by atoms with E-state index in [-0.39, 0.29) is 0 Å². The van der Waals surface area contributed by atoms with Gasteiger partial charge in [0.1, 0.15) is 0 Å². The number of unbranched alkanes of at least 4 members (excludes halogenated alkanes) is 4. The van der Waals surface area contributed by atoms with Crippen LogP contribution < -0.4 is 5.32 Å². The molecule has 2 N–H and O–H groups in total. The van der Waals surface area contributed by atoms with E-state index in [2.05, 4.69) is 19.2 Å². The number of carboxylic acid groups (broad SMARTS) is 1. The van der Waals surface area contributed by atoms with Gasteiger partial charge in [0.25, 0.3) is 0 Å². The highest BCUT2D eigenvalue weighted by molar-refractivity contribution is 5.91. The van der Waals surface area contributed by atoms with Gasteiger partial charge < -0.3 is 10.4 Å². The molecule has 1 atom stereocenters. The van der Waals surface area contributed by atoms with E-state index in [1.807, 2.05) is 13.0 Å². The molecule has 0 spiro atoms. The number of carbonyl (C=O) groups is 1. The van der Waals surface area contributed by atoms with Crippen LogP contribution >= 0.6 is 0 Å². The molecule has 0 fully saturated rings. The molecule has 0 saturated heterocycles. The maximum absolute atomic E-state index is 11.1. The van der Waals surface area contributed by atoms with Crippen LogP contribution in [-0.2, 0) is 0 Å². The van der Waals surface area contributed by atoms with E-state index >= 15 is 0 Å². The molecule has 3 nitrogen and oxygen atoms in total. The Kier molecular flexibility index (Phi) is 7.13. The molecule has 112 valence electrons. The van der Waals surface area contributed by atoms with E-state index in [0.717, 1.165) is 17.7 Å². The average molecular weight is 277 g/mol. The molecule has 20 heavy (non-hydrogen) atoms. The van der Waals surface area contributed by atoms with Crippen LogP contribution in [0.15, 0.2) is 18.2 Å². The second kappa shape index (κ2) is 8.62. The molecule has 0 saturated carbocycles. The molecular weight excluding hydrogens is 250 g/mol. The Morgan fingerprint density at radius 1 is 1.25 bits per heavy atom. The largest absolute Gasteiger partial charge is 0.478 e. The van der Waals surface area contributed by atoms with Crippen molar-refractivity contribution in [1.29, 1.82) is 0 Å². The highest BCUT2D eigenvalue weighted by Crippen LogP contribution is 2.21. The van der Waals surface area contributed by atoms with Crippen molar-refractivity contribution in [3.05, 3.63) is 29.3 Å². The van der Waals surface area contributed by atoms with Crippen molar-refractivity contribution in [1.82, 2.24) is 0 Å². The summed E-state index contributed by atoms with van der Waals surface area (Å²) in [6.45, 7) is 6.24. The SMILES string of the molecule is CCCCCCCC(C)Nc1cccc(C(=O)O)c1C. The van der Waals surface area contributed by atoms with E-state index in [1.165, 1.54) is 32.1 Å². The minimum atomic E-state index is -0.863. The van der Waals surface area contributed by atoms with Crippen molar-refractivity contribution in [2.24, 2.45) is 0 Å². The minimum Gasteiger partial charge on any atom is -0.478 e. The number of aromatic carboxylic acids is 1. The number of rotatable bonds is 9. The highest BCUT2D eigenvalue weighted by Gasteiger charge is 2.11. The summed E-state index contributed by atoms with van der Waals surface area (Å²) >= 11 is 0. The minimum absolute atomic E-state index is 0.374. The predicted molar refractivity (Wildman–Crippen MR) is 84.6 cm³/mol. The number of anilines is 1. The third-order valence-electron chi connectivity index (χ3n) is 3.71. The molecule has 0 aliphatic carbocycles. The molecule has 1 aromatic rings. The van der Waals surface area contributed by atoms with E-state index < -0.39 is 5.97 Å². The van der Waals surface area contributed by atoms with Gasteiger partial charge >= 0.3 is 5.97 Å². The molecular formula is C17H27NO2. The smallest absolute Gasteiger partial charge is 0.336 e. The second-order valence-electron chi connectivity index (χ2n) is 5.53. The summed E-state index contributed by atoms with van der Waals surface area (Å²) in [4.78, 5) is 11.1. The fourth-order valence-corrected chi connectivity index (χ4v) is 2.42. The molecule has 3 heteroatoms. The summed E-state index contributed by atoms with van der Waals surface area (Å²) in [5.74, 6) is -0.863. The van der Waals surface area contributed by atoms with Crippen molar-refractivity contribution in [2.75, 3.05) is 5.32 Å². The van der Waals surface area contributed by atoms with E-state index in [9.17, 15) is 4.79 Å². The number of hydrogen-bond acceptors (Lipinski definition) is 2. The lowest BCUT2D eigenvalue weighted by Gasteiger charge is -2.18. The third-order valence-corrected chi connectivity index (χ3v) is 3.71. The molecule has 1 unspecified atom stereocenters. The van der Waals surface area contributed by atoms with Gasteiger partial charge in [-0.1, -0.05) is 45.1 Å². The van der Waals surface area contributed by atoms with Crippen LogP contribution in [0.3, 0.4) is 0 Å². The highest BCUT2D eigenvalue weighted by atomic mass is 16.4. The fraction of sp³-hybridized carbons (Fsp3) is 0.588. The van der Waals surface area contributed by atoms with Crippen LogP contribution in [0.5, 0.6) is 0 Å². The topological polar surface area (TPSA) is 49.3 Å². The Labute approximate surface area is 122 Å². The van der Waals surface area contributed by atoms with Crippen LogP contribution in [0, 0.1) is 6.92 Å². The van der Waals surface area contributed by atoms with Gasteiger partial charge in [0.2, 0.25) is 0 Å². The first-order valence-electron chi connectivity index (χ1n) is 7.65. The first kappa shape index (κ1) is 16.5. The maximum Gasteiger partial charge on any atom is 0.336 e. The number of nitrogens with one attached hydrogen (secondary N) is 1. The third kappa shape index (κ3) is 5.24. The summed E-state index contributed by atoms with van der Waals surface area (Å²) in [6.07, 6.45) is 7.55. The fourth-order valence-electron chi connectivity index (χ4n) is 2.42. The lowest BCUT2D eigenvalue weighted by molar-refractivity contribution is 0.0696. The van der Waals surface area contributed by atoms with Gasteiger partial charge in [-0.3, -0.25) is 0 Å². The summed E-state index contributed by atoms with van der Waals surface area (Å²) < 4.78 is 0. The molecule has 1 aromatic carbocycles. The van der Waals surface area contributed by atoms with Crippen molar-refractivity contribution < 1.29 is 9.90 Å². The lowest BCUT2D eigenvalue weighted by atomic mass is 10.0. The van der Waals surface area contributed by atoms with Crippen LogP contribution in [0.25, 0.3) is 0 Å². The van der Waals surface area contributed by atoms with Crippen LogP contribution in [0.1, 0.15) is 68.3 Å². The zero-order chi connectivity index (χ0) is 15.0. The second-order valence-corrected chi connectivity index (χ2v) is 5.53. The molecule has 0 radical (unpaired) electrons. The van der Waals surface area contributed by atoms with E-state index in [4.69, 9.17) is 5.11 Å². The van der Waals surface area contributed by atoms with Crippen molar-refractivity contribution in [3.8, 4) is 0 Å². The van der Waals surface area contributed by atoms with Crippen LogP contribution in [0.2, 0.25) is 0 Å². The molecule has 0 aliphatic rings. The number of carboxylic acids is 1. The van der Waals surface area contributed by atoms with Gasteiger partial charge in [0.15, 0.2) is 0 Å². The molecule has 0 aromatic heterocycles. The monoisotopic (exact) mass is 277 g/mol. The Balaban J connectivity index is 2.47. The first-order valence-corrected chi connectivity index (χ1v) is 7.65. The molecule has 0 heterocycles. The van der Waals surface area contributed by atoms with E-state index in [0.29, 0.717) is 11.6 Å². The average Bonchev–Trinajstić information content (AvgIpc) is 2.40. The molecule has 0 bridgehead atoms. The zero-order valence-electron chi connectivity index (χ0n) is 12.9. The Bertz CT molecular complexity index is 429. The Morgan fingerprint density at radius 2 is 1.95 bits per heavy atom. The van der Waals surface area contributed by atoms with Gasteiger partial charge in [-0.05, 0) is 38.0 Å². The lowest BCUT2D eigenvalue weighted by Crippen LogP contribution is -2.16. The number of benzene rings is 1. The normalized spacial score (nSPS) is 12.2. The molecule has 0 aliphatic heterocycles. The van der Waals surface area contributed by atoms with Gasteiger partial charge in [-0.25, -0.2) is 4.79 Å². The Morgan fingerprint density at radius 3 is 2.60 bits per heavy atom. The van der Waals surface area contributed by atoms with E-state index in [1.54, 1.807) is 12.1 Å². The van der Waals surface area contributed by atoms with Crippen LogP contribution in [0.4, 0.5) is 5.69 Å². The summed E-state index contributed by atoms with van der Waals surface area (Å²) in [5.41, 5.74) is 2.13. The summed E-state index contributed by atoms with van der Waals surface area (Å²) in [6, 6.07) is 5.78.